The van der Waals surface area contributed by atoms with Crippen LogP contribution in [0.25, 0.3) is 33.2 Å². The monoisotopic (exact) mass is 524 g/mol. The smallest absolute Gasteiger partial charge is 0.257 e. The fourth-order valence-electron chi connectivity index (χ4n) is 4.54. The summed E-state index contributed by atoms with van der Waals surface area (Å²) in [5.41, 5.74) is 11.9. The van der Waals surface area contributed by atoms with Gasteiger partial charge in [0, 0.05) is 36.6 Å². The van der Waals surface area contributed by atoms with Crippen LogP contribution in [-0.2, 0) is 7.05 Å². The third kappa shape index (κ3) is 4.70. The van der Waals surface area contributed by atoms with Crippen molar-refractivity contribution in [3.8, 4) is 23.1 Å². The zero-order chi connectivity index (χ0) is 27.6. The minimum atomic E-state index is -0.511. The van der Waals surface area contributed by atoms with Crippen LogP contribution < -0.4 is 11.1 Å². The third-order valence-electron chi connectivity index (χ3n) is 6.47. The van der Waals surface area contributed by atoms with Gasteiger partial charge in [0.25, 0.3) is 5.91 Å². The normalized spacial score (nSPS) is 11.7. The van der Waals surface area contributed by atoms with E-state index < -0.39 is 11.9 Å². The summed E-state index contributed by atoms with van der Waals surface area (Å²) in [4.78, 5) is 32.1. The molecule has 1 atom stereocenters. The van der Waals surface area contributed by atoms with Crippen molar-refractivity contribution in [3.63, 3.8) is 0 Å². The van der Waals surface area contributed by atoms with Crippen molar-refractivity contribution in [2.75, 3.05) is 5.73 Å². The number of amides is 1. The lowest BCUT2D eigenvalue weighted by Gasteiger charge is -2.19. The fraction of sp³-hybridized carbons (Fsp3) is 0.0968. The second kappa shape index (κ2) is 10.3. The first-order chi connectivity index (χ1) is 19.5. The molecule has 4 aromatic heterocycles. The van der Waals surface area contributed by atoms with Gasteiger partial charge < -0.3 is 11.1 Å². The van der Waals surface area contributed by atoms with E-state index in [0.717, 1.165) is 22.1 Å². The van der Waals surface area contributed by atoms with Gasteiger partial charge in [-0.15, -0.1) is 0 Å². The van der Waals surface area contributed by atoms with Crippen molar-refractivity contribution in [2.24, 2.45) is 7.05 Å². The number of carbonyl (C=O) groups is 1. The van der Waals surface area contributed by atoms with Gasteiger partial charge in [0.15, 0.2) is 0 Å². The van der Waals surface area contributed by atoms with Gasteiger partial charge in [-0.2, -0.15) is 5.10 Å². The van der Waals surface area contributed by atoms with Crippen molar-refractivity contribution in [3.05, 3.63) is 108 Å². The lowest BCUT2D eigenvalue weighted by molar-refractivity contribution is 0.0941. The molecule has 0 saturated heterocycles. The highest BCUT2D eigenvalue weighted by atomic mass is 16.1. The zero-order valence-electron chi connectivity index (χ0n) is 21.8. The third-order valence-corrected chi connectivity index (χ3v) is 6.47. The summed E-state index contributed by atoms with van der Waals surface area (Å²) in [6, 6.07) is 18.6. The largest absolute Gasteiger partial charge is 0.383 e. The summed E-state index contributed by atoms with van der Waals surface area (Å²) in [6.07, 6.45) is 6.80. The molecule has 1 amide bonds. The molecule has 0 fully saturated rings. The van der Waals surface area contributed by atoms with E-state index in [4.69, 9.17) is 15.7 Å². The van der Waals surface area contributed by atoms with Gasteiger partial charge in [0.1, 0.15) is 16.9 Å². The molecule has 6 rings (SSSR count). The van der Waals surface area contributed by atoms with E-state index in [1.54, 1.807) is 29.3 Å². The van der Waals surface area contributed by atoms with Gasteiger partial charge in [-0.25, -0.2) is 15.0 Å². The first-order valence-electron chi connectivity index (χ1n) is 12.6. The van der Waals surface area contributed by atoms with Gasteiger partial charge >= 0.3 is 0 Å². The van der Waals surface area contributed by atoms with E-state index in [1.165, 1.54) is 0 Å². The average Bonchev–Trinajstić information content (AvgIpc) is 3.40. The zero-order valence-corrected chi connectivity index (χ0v) is 21.8. The number of carbonyl (C=O) groups excluding carboxylic acids is 1. The molecule has 9 heteroatoms. The highest BCUT2D eigenvalue weighted by Crippen LogP contribution is 2.29. The Morgan fingerprint density at radius 2 is 1.80 bits per heavy atom. The van der Waals surface area contributed by atoms with E-state index >= 15 is 0 Å². The molecule has 9 nitrogen and oxygen atoms in total. The number of nitrogens with two attached hydrogens (primary N) is 1. The van der Waals surface area contributed by atoms with E-state index in [1.807, 2.05) is 74.8 Å². The number of fused-ring (bicyclic) bond motifs is 2. The number of anilines is 1. The topological polar surface area (TPSA) is 125 Å². The number of aromatic nitrogens is 6. The summed E-state index contributed by atoms with van der Waals surface area (Å²) in [5.74, 6) is 6.09. The van der Waals surface area contributed by atoms with E-state index in [-0.39, 0.29) is 11.4 Å². The standard InChI is InChI=1S/C31H24N8O/c1-19(36-31(40)25-28-23(11-7-15-33-28)17-34-30(25)32)26-29(21-8-4-3-5-9-21)38-27-22(10-6-12-24(27)37-26)14-13-20-16-35-39(2)18-20/h3-12,15-19H,1-2H3,(H2,32,34)(H,36,40). The Morgan fingerprint density at radius 3 is 2.60 bits per heavy atom. The summed E-state index contributed by atoms with van der Waals surface area (Å²) >= 11 is 0. The number of rotatable bonds is 4. The molecule has 0 radical (unpaired) electrons. The van der Waals surface area contributed by atoms with Crippen LogP contribution in [0, 0.1) is 11.8 Å². The Morgan fingerprint density at radius 1 is 0.950 bits per heavy atom. The van der Waals surface area contributed by atoms with Crippen LogP contribution in [0.15, 0.2) is 85.5 Å². The fourth-order valence-corrected chi connectivity index (χ4v) is 4.54. The van der Waals surface area contributed by atoms with Crippen LogP contribution in [0.5, 0.6) is 0 Å². The van der Waals surface area contributed by atoms with E-state index in [0.29, 0.717) is 27.9 Å². The minimum absolute atomic E-state index is 0.112. The predicted octanol–water partition coefficient (Wildman–Crippen LogP) is 4.45. The predicted molar refractivity (Wildman–Crippen MR) is 154 cm³/mol. The highest BCUT2D eigenvalue weighted by molar-refractivity contribution is 6.09. The van der Waals surface area contributed by atoms with Crippen LogP contribution in [0.2, 0.25) is 0 Å². The maximum absolute atomic E-state index is 13.5. The molecular weight excluding hydrogens is 500 g/mol. The van der Waals surface area contributed by atoms with Crippen molar-refractivity contribution in [1.82, 2.24) is 35.0 Å². The van der Waals surface area contributed by atoms with Crippen molar-refractivity contribution >= 4 is 33.7 Å². The second-order valence-corrected chi connectivity index (χ2v) is 9.30. The molecule has 40 heavy (non-hydrogen) atoms. The Labute approximate surface area is 230 Å². The van der Waals surface area contributed by atoms with Crippen LogP contribution in [-0.4, -0.2) is 35.6 Å². The number of nitrogens with zero attached hydrogens (tertiary/aromatic N) is 6. The van der Waals surface area contributed by atoms with Gasteiger partial charge in [-0.05, 0) is 31.2 Å². The van der Waals surface area contributed by atoms with E-state index in [2.05, 4.69) is 32.2 Å². The molecule has 0 bridgehead atoms. The average molecular weight is 525 g/mol. The van der Waals surface area contributed by atoms with Crippen LogP contribution in [0.1, 0.15) is 40.1 Å². The number of nitrogens with one attached hydrogen (secondary N) is 1. The Kier molecular flexibility index (Phi) is 6.34. The number of benzene rings is 2. The molecule has 0 saturated carbocycles. The maximum Gasteiger partial charge on any atom is 0.257 e. The van der Waals surface area contributed by atoms with Gasteiger partial charge in [0.2, 0.25) is 0 Å². The molecule has 3 N–H and O–H groups in total. The van der Waals surface area contributed by atoms with Crippen molar-refractivity contribution in [2.45, 2.75) is 13.0 Å². The van der Waals surface area contributed by atoms with Crippen molar-refractivity contribution in [1.29, 1.82) is 0 Å². The quantitative estimate of drug-likeness (QED) is 0.327. The number of hydrogen-bond donors (Lipinski definition) is 2. The molecule has 4 heterocycles. The van der Waals surface area contributed by atoms with Gasteiger partial charge in [-0.3, -0.25) is 14.5 Å². The highest BCUT2D eigenvalue weighted by Gasteiger charge is 2.23. The molecule has 1 unspecified atom stereocenters. The summed E-state index contributed by atoms with van der Waals surface area (Å²) in [6.45, 7) is 1.87. The lowest BCUT2D eigenvalue weighted by Crippen LogP contribution is -2.29. The Bertz CT molecular complexity index is 1950. The molecule has 6 aromatic rings. The number of aryl methyl sites for hydroxylation is 1. The lowest BCUT2D eigenvalue weighted by atomic mass is 10.0. The summed E-state index contributed by atoms with van der Waals surface area (Å²) < 4.78 is 1.71. The van der Waals surface area contributed by atoms with E-state index in [9.17, 15) is 4.79 Å². The second-order valence-electron chi connectivity index (χ2n) is 9.30. The molecule has 0 aliphatic carbocycles. The number of para-hydroxylation sites is 1. The number of pyridine rings is 2. The van der Waals surface area contributed by atoms with Gasteiger partial charge in [0.05, 0.1) is 45.8 Å². The Balaban J connectivity index is 1.44. The van der Waals surface area contributed by atoms with Gasteiger partial charge in [-0.1, -0.05) is 48.2 Å². The molecule has 194 valence electrons. The van der Waals surface area contributed by atoms with Crippen LogP contribution >= 0.6 is 0 Å². The first kappa shape index (κ1) is 24.7. The molecule has 0 spiro atoms. The molecule has 0 aliphatic rings. The van der Waals surface area contributed by atoms with Crippen molar-refractivity contribution < 1.29 is 4.79 Å². The maximum atomic E-state index is 13.5. The van der Waals surface area contributed by atoms with Crippen LogP contribution in [0.4, 0.5) is 5.82 Å². The molecule has 2 aromatic carbocycles. The molecular formula is C31H24N8O. The summed E-state index contributed by atoms with van der Waals surface area (Å²) in [7, 11) is 1.85. The van der Waals surface area contributed by atoms with Crippen LogP contribution in [0.3, 0.4) is 0 Å². The number of hydrogen-bond acceptors (Lipinski definition) is 7. The number of nitrogen functional groups attached to an aromatic ring is 1. The molecule has 0 aliphatic heterocycles. The minimum Gasteiger partial charge on any atom is -0.383 e. The first-order valence-corrected chi connectivity index (χ1v) is 12.6. The SMILES string of the molecule is CC(NC(=O)c1c(N)ncc2cccnc12)c1nc2cccc(C#Cc3cnn(C)c3)c2nc1-c1ccccc1. The summed E-state index contributed by atoms with van der Waals surface area (Å²) in [5, 5.41) is 7.95. The Hall–Kier alpha value is -5.62.